The second-order valence-electron chi connectivity index (χ2n) is 5.57. The summed E-state index contributed by atoms with van der Waals surface area (Å²) in [6.07, 6.45) is 1.17. The van der Waals surface area contributed by atoms with Crippen molar-refractivity contribution in [1.29, 1.82) is 0 Å². The Kier molecular flexibility index (Phi) is 4.65. The molecule has 3 N–H and O–H groups in total. The smallest absolute Gasteiger partial charge is 0.227 e. The Morgan fingerprint density at radius 1 is 1.59 bits per heavy atom. The van der Waals surface area contributed by atoms with Crippen molar-refractivity contribution in [2.24, 2.45) is 11.1 Å². The highest BCUT2D eigenvalue weighted by molar-refractivity contribution is 7.13. The van der Waals surface area contributed by atoms with Gasteiger partial charge in [0.1, 0.15) is 0 Å². The number of nitrogens with two attached hydrogens (primary N) is 1. The summed E-state index contributed by atoms with van der Waals surface area (Å²) >= 11 is 1.43. The second kappa shape index (κ2) is 5.60. The Morgan fingerprint density at radius 3 is 2.71 bits per heavy atom. The fourth-order valence-corrected chi connectivity index (χ4v) is 2.38. The molecular formula is C12H21N3OS. The number of aromatic nitrogens is 1. The molecule has 1 unspecified atom stereocenters. The summed E-state index contributed by atoms with van der Waals surface area (Å²) in [6.45, 7) is 8.26. The number of thiazole rings is 1. The first-order valence-corrected chi connectivity index (χ1v) is 6.62. The number of rotatable bonds is 4. The number of carbonyl (C=O) groups excluding carboxylic acids is 1. The predicted molar refractivity (Wildman–Crippen MR) is 72.1 cm³/mol. The van der Waals surface area contributed by atoms with Crippen LogP contribution in [0.5, 0.6) is 0 Å². The van der Waals surface area contributed by atoms with Crippen LogP contribution in [0.1, 0.15) is 39.3 Å². The van der Waals surface area contributed by atoms with Crippen molar-refractivity contribution >= 4 is 22.4 Å². The van der Waals surface area contributed by atoms with E-state index < -0.39 is 0 Å². The van der Waals surface area contributed by atoms with Crippen molar-refractivity contribution in [1.82, 2.24) is 4.98 Å². The van der Waals surface area contributed by atoms with Crippen molar-refractivity contribution in [3.8, 4) is 0 Å². The number of carbonyl (C=O) groups is 1. The van der Waals surface area contributed by atoms with Gasteiger partial charge < -0.3 is 11.1 Å². The monoisotopic (exact) mass is 255 g/mol. The van der Waals surface area contributed by atoms with E-state index in [2.05, 4.69) is 31.1 Å². The van der Waals surface area contributed by atoms with E-state index in [4.69, 9.17) is 5.73 Å². The van der Waals surface area contributed by atoms with Gasteiger partial charge in [0.25, 0.3) is 0 Å². The minimum atomic E-state index is -0.101. The van der Waals surface area contributed by atoms with Crippen LogP contribution in [0, 0.1) is 12.3 Å². The van der Waals surface area contributed by atoms with Gasteiger partial charge in [0.05, 0.1) is 5.69 Å². The van der Waals surface area contributed by atoms with Gasteiger partial charge in [-0.25, -0.2) is 4.98 Å². The maximum Gasteiger partial charge on any atom is 0.227 e. The molecule has 0 aromatic carbocycles. The minimum absolute atomic E-state index is 0.0592. The normalized spacial score (nSPS) is 13.5. The molecule has 17 heavy (non-hydrogen) atoms. The molecule has 0 fully saturated rings. The fraction of sp³-hybridized carbons (Fsp3) is 0.667. The molecule has 96 valence electrons. The highest BCUT2D eigenvalue weighted by atomic mass is 32.1. The molecule has 1 aromatic heterocycles. The van der Waals surface area contributed by atoms with Crippen LogP contribution in [0.4, 0.5) is 5.13 Å². The minimum Gasteiger partial charge on any atom is -0.327 e. The molecule has 0 saturated heterocycles. The number of aryl methyl sites for hydroxylation is 1. The zero-order valence-electron chi connectivity index (χ0n) is 10.9. The van der Waals surface area contributed by atoms with Crippen LogP contribution >= 0.6 is 11.3 Å². The van der Waals surface area contributed by atoms with Crippen molar-refractivity contribution < 1.29 is 4.79 Å². The molecule has 0 aliphatic heterocycles. The van der Waals surface area contributed by atoms with Crippen LogP contribution < -0.4 is 11.1 Å². The molecule has 5 heteroatoms. The molecule has 0 radical (unpaired) electrons. The first kappa shape index (κ1) is 14.1. The number of nitrogens with zero attached hydrogens (tertiary/aromatic N) is 1. The van der Waals surface area contributed by atoms with Crippen molar-refractivity contribution in [2.45, 2.75) is 46.6 Å². The van der Waals surface area contributed by atoms with Gasteiger partial charge >= 0.3 is 0 Å². The lowest BCUT2D eigenvalue weighted by molar-refractivity contribution is -0.116. The molecule has 1 rings (SSSR count). The average molecular weight is 255 g/mol. The highest BCUT2D eigenvalue weighted by Crippen LogP contribution is 2.21. The van der Waals surface area contributed by atoms with Gasteiger partial charge in [0.2, 0.25) is 5.91 Å². The number of amides is 1. The first-order chi connectivity index (χ1) is 7.76. The van der Waals surface area contributed by atoms with Gasteiger partial charge in [0, 0.05) is 17.8 Å². The Bertz CT molecular complexity index is 381. The quantitative estimate of drug-likeness (QED) is 0.868. The summed E-state index contributed by atoms with van der Waals surface area (Å²) < 4.78 is 0. The standard InChI is InChI=1S/C12H21N3OS/c1-8-7-17-11(14-8)15-10(16)5-9(13)6-12(2,3)4/h7,9H,5-6,13H2,1-4H3,(H,14,15,16). The van der Waals surface area contributed by atoms with E-state index in [1.807, 2.05) is 12.3 Å². The van der Waals surface area contributed by atoms with Crippen LogP contribution in [0.2, 0.25) is 0 Å². The molecule has 0 aliphatic rings. The summed E-state index contributed by atoms with van der Waals surface area (Å²) in [6, 6.07) is -0.101. The highest BCUT2D eigenvalue weighted by Gasteiger charge is 2.18. The maximum atomic E-state index is 11.7. The summed E-state index contributed by atoms with van der Waals surface area (Å²) in [7, 11) is 0. The SMILES string of the molecule is Cc1csc(NC(=O)CC(N)CC(C)(C)C)n1. The Morgan fingerprint density at radius 2 is 2.24 bits per heavy atom. The third kappa shape index (κ3) is 5.79. The van der Waals surface area contributed by atoms with Gasteiger partial charge in [-0.1, -0.05) is 20.8 Å². The summed E-state index contributed by atoms with van der Waals surface area (Å²) in [5.41, 5.74) is 7.01. The van der Waals surface area contributed by atoms with E-state index in [9.17, 15) is 4.79 Å². The van der Waals surface area contributed by atoms with Crippen LogP contribution in [-0.4, -0.2) is 16.9 Å². The molecule has 0 bridgehead atoms. The topological polar surface area (TPSA) is 68.0 Å². The Balaban J connectivity index is 2.39. The van der Waals surface area contributed by atoms with E-state index in [0.717, 1.165) is 12.1 Å². The van der Waals surface area contributed by atoms with E-state index in [1.54, 1.807) is 0 Å². The first-order valence-electron chi connectivity index (χ1n) is 5.74. The van der Waals surface area contributed by atoms with Gasteiger partial charge in [0.15, 0.2) is 5.13 Å². The lowest BCUT2D eigenvalue weighted by Gasteiger charge is -2.22. The van der Waals surface area contributed by atoms with E-state index in [-0.39, 0.29) is 17.4 Å². The predicted octanol–water partition coefficient (Wildman–Crippen LogP) is 2.54. The zero-order chi connectivity index (χ0) is 13.1. The zero-order valence-corrected chi connectivity index (χ0v) is 11.7. The fourth-order valence-electron chi connectivity index (χ4n) is 1.68. The van der Waals surface area contributed by atoms with Gasteiger partial charge in [-0.3, -0.25) is 4.79 Å². The van der Waals surface area contributed by atoms with Crippen molar-refractivity contribution in [3.05, 3.63) is 11.1 Å². The molecule has 4 nitrogen and oxygen atoms in total. The van der Waals surface area contributed by atoms with Crippen LogP contribution in [-0.2, 0) is 4.79 Å². The number of anilines is 1. The van der Waals surface area contributed by atoms with Gasteiger partial charge in [-0.15, -0.1) is 11.3 Å². The summed E-state index contributed by atoms with van der Waals surface area (Å²) in [4.78, 5) is 15.9. The summed E-state index contributed by atoms with van der Waals surface area (Å²) in [5, 5.41) is 5.32. The van der Waals surface area contributed by atoms with E-state index >= 15 is 0 Å². The average Bonchev–Trinajstić information content (AvgIpc) is 2.46. The number of nitrogens with one attached hydrogen (secondary N) is 1. The third-order valence-electron chi connectivity index (χ3n) is 2.19. The van der Waals surface area contributed by atoms with Gasteiger partial charge in [-0.05, 0) is 18.8 Å². The lowest BCUT2D eigenvalue weighted by atomic mass is 9.87. The summed E-state index contributed by atoms with van der Waals surface area (Å²) in [5.74, 6) is -0.0592. The van der Waals surface area contributed by atoms with Crippen LogP contribution in [0.3, 0.4) is 0 Å². The lowest BCUT2D eigenvalue weighted by Crippen LogP contribution is -2.31. The van der Waals surface area contributed by atoms with Crippen molar-refractivity contribution in [3.63, 3.8) is 0 Å². The molecular weight excluding hydrogens is 234 g/mol. The molecule has 1 heterocycles. The molecule has 1 amide bonds. The second-order valence-corrected chi connectivity index (χ2v) is 6.43. The van der Waals surface area contributed by atoms with Crippen LogP contribution in [0.15, 0.2) is 5.38 Å². The van der Waals surface area contributed by atoms with E-state index in [1.165, 1.54) is 11.3 Å². The molecule has 0 saturated carbocycles. The van der Waals surface area contributed by atoms with E-state index in [0.29, 0.717) is 11.6 Å². The molecule has 0 aliphatic carbocycles. The van der Waals surface area contributed by atoms with Crippen molar-refractivity contribution in [2.75, 3.05) is 5.32 Å². The largest absolute Gasteiger partial charge is 0.327 e. The Hall–Kier alpha value is -0.940. The van der Waals surface area contributed by atoms with Gasteiger partial charge in [-0.2, -0.15) is 0 Å². The maximum absolute atomic E-state index is 11.7. The number of hydrogen-bond donors (Lipinski definition) is 2. The van der Waals surface area contributed by atoms with Crippen LogP contribution in [0.25, 0.3) is 0 Å². The molecule has 1 atom stereocenters. The third-order valence-corrected chi connectivity index (χ3v) is 3.06. The Labute approximate surface area is 107 Å². The number of hydrogen-bond acceptors (Lipinski definition) is 4. The molecule has 0 spiro atoms. The molecule has 1 aromatic rings.